The van der Waals surface area contributed by atoms with Crippen LogP contribution >= 0.6 is 0 Å². The zero-order valence-corrected chi connectivity index (χ0v) is 9.10. The van der Waals surface area contributed by atoms with Gasteiger partial charge >= 0.3 is 0 Å². The van der Waals surface area contributed by atoms with Crippen molar-refractivity contribution in [1.82, 2.24) is 0 Å². The first-order chi connectivity index (χ1) is 6.54. The third kappa shape index (κ3) is 1.56. The second kappa shape index (κ2) is 3.08. The standard InChI is InChI=1S/C13H17F/c1-4-9-7-10(5-6-12(9)14)11-8-13(11,2)3/h5-7,11H,4,8H2,1-3H3/t11-/m0/s1. The minimum Gasteiger partial charge on any atom is -0.207 e. The summed E-state index contributed by atoms with van der Waals surface area (Å²) >= 11 is 0. The number of benzene rings is 1. The summed E-state index contributed by atoms with van der Waals surface area (Å²) in [6.07, 6.45) is 2.02. The van der Waals surface area contributed by atoms with Gasteiger partial charge in [-0.1, -0.05) is 32.9 Å². The maximum absolute atomic E-state index is 13.2. The minimum atomic E-state index is -0.0605. The molecule has 0 saturated heterocycles. The molecular formula is C13H17F. The molecule has 1 aliphatic carbocycles. The van der Waals surface area contributed by atoms with Crippen LogP contribution in [0.2, 0.25) is 0 Å². The van der Waals surface area contributed by atoms with Crippen molar-refractivity contribution in [2.24, 2.45) is 5.41 Å². The van der Waals surface area contributed by atoms with E-state index in [0.717, 1.165) is 12.0 Å². The average molecular weight is 192 g/mol. The van der Waals surface area contributed by atoms with Gasteiger partial charge < -0.3 is 0 Å². The van der Waals surface area contributed by atoms with E-state index in [2.05, 4.69) is 13.8 Å². The third-order valence-corrected chi connectivity index (χ3v) is 3.37. The second-order valence-electron chi connectivity index (χ2n) is 4.95. The molecule has 1 fully saturated rings. The summed E-state index contributed by atoms with van der Waals surface area (Å²) in [6.45, 7) is 6.54. The summed E-state index contributed by atoms with van der Waals surface area (Å²) in [6, 6.07) is 5.59. The van der Waals surface area contributed by atoms with E-state index in [-0.39, 0.29) is 5.82 Å². The van der Waals surface area contributed by atoms with Crippen LogP contribution in [0.3, 0.4) is 0 Å². The molecule has 1 aliphatic rings. The summed E-state index contributed by atoms with van der Waals surface area (Å²) in [4.78, 5) is 0. The number of aryl methyl sites for hydroxylation is 1. The molecule has 0 unspecified atom stereocenters. The van der Waals surface area contributed by atoms with E-state index >= 15 is 0 Å². The van der Waals surface area contributed by atoms with Crippen LogP contribution in [0.25, 0.3) is 0 Å². The quantitative estimate of drug-likeness (QED) is 0.666. The maximum Gasteiger partial charge on any atom is 0.126 e. The van der Waals surface area contributed by atoms with Gasteiger partial charge in [0.2, 0.25) is 0 Å². The molecule has 0 N–H and O–H groups in total. The molecule has 0 aromatic heterocycles. The Morgan fingerprint density at radius 1 is 1.43 bits per heavy atom. The van der Waals surface area contributed by atoms with Crippen molar-refractivity contribution >= 4 is 0 Å². The Morgan fingerprint density at radius 2 is 2.07 bits per heavy atom. The first-order valence-corrected chi connectivity index (χ1v) is 5.33. The van der Waals surface area contributed by atoms with E-state index in [1.807, 2.05) is 19.1 Å². The van der Waals surface area contributed by atoms with Crippen molar-refractivity contribution in [3.8, 4) is 0 Å². The van der Waals surface area contributed by atoms with Gasteiger partial charge in [-0.05, 0) is 41.4 Å². The van der Waals surface area contributed by atoms with Crippen molar-refractivity contribution in [1.29, 1.82) is 0 Å². The number of hydrogen-bond donors (Lipinski definition) is 0. The average Bonchev–Trinajstić information content (AvgIpc) is 2.76. The lowest BCUT2D eigenvalue weighted by atomic mass is 10.00. The maximum atomic E-state index is 13.2. The topological polar surface area (TPSA) is 0 Å². The first kappa shape index (κ1) is 9.70. The van der Waals surface area contributed by atoms with Crippen LogP contribution in [0.15, 0.2) is 18.2 Å². The summed E-state index contributed by atoms with van der Waals surface area (Å²) in [5.41, 5.74) is 2.60. The Balaban J connectivity index is 2.29. The first-order valence-electron chi connectivity index (χ1n) is 5.33. The molecule has 0 nitrogen and oxygen atoms in total. The molecular weight excluding hydrogens is 175 g/mol. The molecule has 0 amide bonds. The van der Waals surface area contributed by atoms with Crippen molar-refractivity contribution in [3.05, 3.63) is 35.1 Å². The Labute approximate surface area is 85.1 Å². The Hall–Kier alpha value is -0.850. The van der Waals surface area contributed by atoms with E-state index in [0.29, 0.717) is 11.3 Å². The molecule has 76 valence electrons. The Bertz CT molecular complexity index is 352. The molecule has 0 radical (unpaired) electrons. The van der Waals surface area contributed by atoms with Gasteiger partial charge in [-0.15, -0.1) is 0 Å². The predicted molar refractivity (Wildman–Crippen MR) is 56.9 cm³/mol. The van der Waals surface area contributed by atoms with Gasteiger partial charge in [0.15, 0.2) is 0 Å². The van der Waals surface area contributed by atoms with Gasteiger partial charge in [-0.2, -0.15) is 0 Å². The van der Waals surface area contributed by atoms with Crippen molar-refractivity contribution in [2.75, 3.05) is 0 Å². The normalized spacial score (nSPS) is 23.6. The molecule has 0 heterocycles. The molecule has 0 spiro atoms. The fraction of sp³-hybridized carbons (Fsp3) is 0.538. The van der Waals surface area contributed by atoms with Gasteiger partial charge in [-0.3, -0.25) is 0 Å². The van der Waals surface area contributed by atoms with E-state index in [4.69, 9.17) is 0 Å². The van der Waals surface area contributed by atoms with E-state index in [9.17, 15) is 4.39 Å². The van der Waals surface area contributed by atoms with Gasteiger partial charge in [-0.25, -0.2) is 4.39 Å². The molecule has 1 saturated carbocycles. The van der Waals surface area contributed by atoms with Crippen LogP contribution in [-0.4, -0.2) is 0 Å². The zero-order valence-electron chi connectivity index (χ0n) is 9.10. The van der Waals surface area contributed by atoms with E-state index in [1.54, 1.807) is 6.07 Å². The highest BCUT2D eigenvalue weighted by Crippen LogP contribution is 2.58. The third-order valence-electron chi connectivity index (χ3n) is 3.37. The molecule has 1 aromatic rings. The lowest BCUT2D eigenvalue weighted by Crippen LogP contribution is -1.94. The molecule has 1 heteroatoms. The summed E-state index contributed by atoms with van der Waals surface area (Å²) < 4.78 is 13.2. The largest absolute Gasteiger partial charge is 0.207 e. The molecule has 2 rings (SSSR count). The molecule has 0 bridgehead atoms. The highest BCUT2D eigenvalue weighted by atomic mass is 19.1. The smallest absolute Gasteiger partial charge is 0.126 e. The van der Waals surface area contributed by atoms with Crippen molar-refractivity contribution in [3.63, 3.8) is 0 Å². The lowest BCUT2D eigenvalue weighted by molar-refractivity contribution is 0.604. The SMILES string of the molecule is CCc1cc([C@@H]2CC2(C)C)ccc1F. The highest BCUT2D eigenvalue weighted by Gasteiger charge is 2.46. The molecule has 0 aliphatic heterocycles. The molecule has 1 aromatic carbocycles. The summed E-state index contributed by atoms with van der Waals surface area (Å²) in [5, 5.41) is 0. The van der Waals surface area contributed by atoms with Crippen LogP contribution in [0.5, 0.6) is 0 Å². The summed E-state index contributed by atoms with van der Waals surface area (Å²) in [7, 11) is 0. The van der Waals surface area contributed by atoms with Gasteiger partial charge in [0.05, 0.1) is 0 Å². The molecule has 14 heavy (non-hydrogen) atoms. The predicted octanol–water partition coefficient (Wildman–Crippen LogP) is 3.90. The number of rotatable bonds is 2. The second-order valence-corrected chi connectivity index (χ2v) is 4.95. The number of halogens is 1. The minimum absolute atomic E-state index is 0.0605. The van der Waals surface area contributed by atoms with E-state index in [1.165, 1.54) is 12.0 Å². The number of hydrogen-bond acceptors (Lipinski definition) is 0. The van der Waals surface area contributed by atoms with Crippen LogP contribution in [0.4, 0.5) is 4.39 Å². The fourth-order valence-corrected chi connectivity index (χ4v) is 2.12. The van der Waals surface area contributed by atoms with Crippen LogP contribution in [0, 0.1) is 11.2 Å². The van der Waals surface area contributed by atoms with Gasteiger partial charge in [0.1, 0.15) is 5.82 Å². The van der Waals surface area contributed by atoms with Gasteiger partial charge in [0, 0.05) is 0 Å². The molecule has 1 atom stereocenters. The lowest BCUT2D eigenvalue weighted by Gasteiger charge is -2.06. The van der Waals surface area contributed by atoms with Crippen molar-refractivity contribution < 1.29 is 4.39 Å². The van der Waals surface area contributed by atoms with Crippen molar-refractivity contribution in [2.45, 2.75) is 39.5 Å². The highest BCUT2D eigenvalue weighted by molar-refractivity contribution is 5.33. The van der Waals surface area contributed by atoms with Crippen LogP contribution in [0.1, 0.15) is 44.2 Å². The fourth-order valence-electron chi connectivity index (χ4n) is 2.12. The zero-order chi connectivity index (χ0) is 10.3. The Morgan fingerprint density at radius 3 is 2.57 bits per heavy atom. The van der Waals surface area contributed by atoms with Crippen LogP contribution < -0.4 is 0 Å². The van der Waals surface area contributed by atoms with Gasteiger partial charge in [0.25, 0.3) is 0 Å². The monoisotopic (exact) mass is 192 g/mol. The van der Waals surface area contributed by atoms with E-state index < -0.39 is 0 Å². The Kier molecular flexibility index (Phi) is 2.13. The summed E-state index contributed by atoms with van der Waals surface area (Å²) in [5.74, 6) is 0.586. The van der Waals surface area contributed by atoms with Crippen LogP contribution in [-0.2, 0) is 6.42 Å².